The second-order valence-electron chi connectivity index (χ2n) is 9.46. The van der Waals surface area contributed by atoms with Crippen LogP contribution in [-0.4, -0.2) is 59.4 Å². The number of carbonyl (C=O) groups excluding carboxylic acids is 2. The molecule has 2 aliphatic rings. The van der Waals surface area contributed by atoms with E-state index in [0.29, 0.717) is 4.90 Å². The number of fused-ring (bicyclic) bond motifs is 3. The number of alkyl halides is 3. The molecule has 2 N–H and O–H groups in total. The molecule has 0 radical (unpaired) electrons. The van der Waals surface area contributed by atoms with Crippen LogP contribution in [0.15, 0.2) is 48.5 Å². The van der Waals surface area contributed by atoms with Crippen LogP contribution in [0.2, 0.25) is 0 Å². The fourth-order valence-electron chi connectivity index (χ4n) is 5.01. The Morgan fingerprint density at radius 3 is 2.14 bits per heavy atom. The minimum absolute atomic E-state index is 0.165. The molecule has 0 spiro atoms. The number of amides is 2. The summed E-state index contributed by atoms with van der Waals surface area (Å²) in [4.78, 5) is 37.6. The predicted molar refractivity (Wildman–Crippen MR) is 120 cm³/mol. The fraction of sp³-hybridized carbons (Fsp3) is 0.400. The van der Waals surface area contributed by atoms with Gasteiger partial charge in [-0.1, -0.05) is 62.4 Å². The molecule has 0 saturated carbocycles. The molecule has 186 valence electrons. The fourth-order valence-corrected chi connectivity index (χ4v) is 5.01. The number of carboxylic acid groups (broad SMARTS) is 1. The standard InChI is InChI=1S/C25H25F3N2O5/c1-24(2)11-12-30(20(24)22(32)33)21(31)19(25(26,27)28)29-23(34)35-13-18-16-9-5-3-7-14(16)15-8-4-6-10-17(15)18/h3-10,18-20H,11-13H2,1-2H3,(H,29,34)(H,32,33). The SMILES string of the molecule is CC1(C)CCN(C(=O)C(NC(=O)OCC2c3ccccc3-c3ccccc32)C(F)(F)F)C1C(=O)O. The maximum absolute atomic E-state index is 13.8. The summed E-state index contributed by atoms with van der Waals surface area (Å²) in [5, 5.41) is 11.1. The third-order valence-corrected chi connectivity index (χ3v) is 6.75. The first kappa shape index (κ1) is 24.6. The molecule has 1 heterocycles. The van der Waals surface area contributed by atoms with Gasteiger partial charge in [-0.05, 0) is 34.1 Å². The Kier molecular flexibility index (Phi) is 6.25. The van der Waals surface area contributed by atoms with E-state index in [0.717, 1.165) is 22.3 Å². The lowest BCUT2D eigenvalue weighted by molar-refractivity contribution is -0.178. The molecule has 2 aromatic carbocycles. The van der Waals surface area contributed by atoms with Crippen molar-refractivity contribution in [1.82, 2.24) is 10.2 Å². The smallest absolute Gasteiger partial charge is 0.417 e. The van der Waals surface area contributed by atoms with Crippen molar-refractivity contribution in [2.24, 2.45) is 5.41 Å². The van der Waals surface area contributed by atoms with Gasteiger partial charge < -0.3 is 20.1 Å². The van der Waals surface area contributed by atoms with Gasteiger partial charge in [-0.15, -0.1) is 0 Å². The van der Waals surface area contributed by atoms with E-state index in [9.17, 15) is 32.7 Å². The van der Waals surface area contributed by atoms with Crippen molar-refractivity contribution in [1.29, 1.82) is 0 Å². The number of carboxylic acids is 1. The minimum Gasteiger partial charge on any atom is -0.480 e. The normalized spacial score (nSPS) is 19.6. The van der Waals surface area contributed by atoms with Crippen LogP contribution in [0.1, 0.15) is 37.3 Å². The number of hydrogen-bond acceptors (Lipinski definition) is 4. The van der Waals surface area contributed by atoms with E-state index in [1.807, 2.05) is 48.5 Å². The molecule has 1 aliphatic heterocycles. The van der Waals surface area contributed by atoms with E-state index < -0.39 is 41.6 Å². The van der Waals surface area contributed by atoms with Crippen molar-refractivity contribution >= 4 is 18.0 Å². The van der Waals surface area contributed by atoms with Crippen molar-refractivity contribution < 1.29 is 37.4 Å². The first-order valence-electron chi connectivity index (χ1n) is 11.1. The Balaban J connectivity index is 1.49. The summed E-state index contributed by atoms with van der Waals surface area (Å²) < 4.78 is 46.5. The molecule has 2 amide bonds. The van der Waals surface area contributed by atoms with Crippen molar-refractivity contribution in [3.63, 3.8) is 0 Å². The molecule has 1 fully saturated rings. The number of benzene rings is 2. The molecule has 0 bridgehead atoms. The lowest BCUT2D eigenvalue weighted by Crippen LogP contribution is -2.59. The molecule has 1 saturated heterocycles. The summed E-state index contributed by atoms with van der Waals surface area (Å²) >= 11 is 0. The largest absolute Gasteiger partial charge is 0.480 e. The highest BCUT2D eigenvalue weighted by molar-refractivity contribution is 5.91. The van der Waals surface area contributed by atoms with Crippen LogP contribution in [0.5, 0.6) is 0 Å². The summed E-state index contributed by atoms with van der Waals surface area (Å²) in [6.45, 7) is 2.75. The average molecular weight is 490 g/mol. The highest BCUT2D eigenvalue weighted by Crippen LogP contribution is 2.44. The van der Waals surface area contributed by atoms with Crippen LogP contribution in [0.4, 0.5) is 18.0 Å². The zero-order valence-electron chi connectivity index (χ0n) is 19.1. The summed E-state index contributed by atoms with van der Waals surface area (Å²) in [6.07, 6.45) is -6.34. The molecule has 0 aromatic heterocycles. The van der Waals surface area contributed by atoms with Crippen molar-refractivity contribution in [2.45, 2.75) is 44.4 Å². The third kappa shape index (κ3) is 4.56. The maximum Gasteiger partial charge on any atom is 0.417 e. The number of nitrogens with zero attached hydrogens (tertiary/aromatic N) is 1. The maximum atomic E-state index is 13.8. The number of ether oxygens (including phenoxy) is 1. The van der Waals surface area contributed by atoms with Gasteiger partial charge in [-0.3, -0.25) is 4.79 Å². The van der Waals surface area contributed by atoms with Crippen molar-refractivity contribution in [2.75, 3.05) is 13.2 Å². The zero-order valence-corrected chi connectivity index (χ0v) is 19.1. The number of hydrogen-bond donors (Lipinski definition) is 2. The Morgan fingerprint density at radius 1 is 1.09 bits per heavy atom. The predicted octanol–water partition coefficient (Wildman–Crippen LogP) is 4.17. The second-order valence-corrected chi connectivity index (χ2v) is 9.46. The van der Waals surface area contributed by atoms with E-state index in [1.165, 1.54) is 0 Å². The number of halogens is 3. The van der Waals surface area contributed by atoms with Gasteiger partial charge in [0.1, 0.15) is 12.6 Å². The number of likely N-dealkylation sites (tertiary alicyclic amines) is 1. The van der Waals surface area contributed by atoms with Crippen LogP contribution in [0.25, 0.3) is 11.1 Å². The Morgan fingerprint density at radius 2 is 1.63 bits per heavy atom. The lowest BCUT2D eigenvalue weighted by Gasteiger charge is -2.32. The highest BCUT2D eigenvalue weighted by Gasteiger charge is 2.54. The molecule has 2 unspecified atom stereocenters. The summed E-state index contributed by atoms with van der Waals surface area (Å²) in [7, 11) is 0. The van der Waals surface area contributed by atoms with Gasteiger partial charge in [0.25, 0.3) is 5.91 Å². The number of rotatable bonds is 5. The van der Waals surface area contributed by atoms with Crippen LogP contribution < -0.4 is 5.32 Å². The van der Waals surface area contributed by atoms with E-state index in [-0.39, 0.29) is 25.5 Å². The average Bonchev–Trinajstić information content (AvgIpc) is 3.29. The van der Waals surface area contributed by atoms with Gasteiger partial charge >= 0.3 is 18.2 Å². The first-order valence-corrected chi connectivity index (χ1v) is 11.1. The van der Waals surface area contributed by atoms with Crippen LogP contribution >= 0.6 is 0 Å². The molecule has 7 nitrogen and oxygen atoms in total. The van der Waals surface area contributed by atoms with Crippen molar-refractivity contribution in [3.05, 3.63) is 59.7 Å². The Hall–Kier alpha value is -3.56. The summed E-state index contributed by atoms with van der Waals surface area (Å²) in [5.41, 5.74) is 2.76. The second kappa shape index (κ2) is 8.90. The highest BCUT2D eigenvalue weighted by atomic mass is 19.4. The van der Waals surface area contributed by atoms with Gasteiger partial charge in [-0.25, -0.2) is 9.59 Å². The van der Waals surface area contributed by atoms with Gasteiger partial charge in [0.2, 0.25) is 6.04 Å². The van der Waals surface area contributed by atoms with Crippen LogP contribution in [0.3, 0.4) is 0 Å². The first-order chi connectivity index (χ1) is 16.4. The van der Waals surface area contributed by atoms with E-state index in [4.69, 9.17) is 4.74 Å². The monoisotopic (exact) mass is 490 g/mol. The Bertz CT molecular complexity index is 1120. The van der Waals surface area contributed by atoms with E-state index in [2.05, 4.69) is 0 Å². The zero-order chi connectivity index (χ0) is 25.5. The number of carbonyl (C=O) groups is 3. The summed E-state index contributed by atoms with van der Waals surface area (Å²) in [5.74, 6) is -3.30. The number of aliphatic carboxylic acids is 1. The molecule has 4 rings (SSSR count). The third-order valence-electron chi connectivity index (χ3n) is 6.75. The van der Waals surface area contributed by atoms with Gasteiger partial charge in [0.05, 0.1) is 0 Å². The molecule has 2 aromatic rings. The molecule has 10 heteroatoms. The molecular weight excluding hydrogens is 465 g/mol. The molecule has 2 atom stereocenters. The van der Waals surface area contributed by atoms with Crippen LogP contribution in [-0.2, 0) is 14.3 Å². The lowest BCUT2D eigenvalue weighted by atomic mass is 9.85. The minimum atomic E-state index is -5.14. The quantitative estimate of drug-likeness (QED) is 0.656. The van der Waals surface area contributed by atoms with Crippen LogP contribution in [0, 0.1) is 5.41 Å². The van der Waals surface area contributed by atoms with Gasteiger partial charge in [0.15, 0.2) is 0 Å². The van der Waals surface area contributed by atoms with E-state index >= 15 is 0 Å². The molecular formula is C25H25F3N2O5. The molecule has 35 heavy (non-hydrogen) atoms. The molecule has 1 aliphatic carbocycles. The van der Waals surface area contributed by atoms with Gasteiger partial charge in [0, 0.05) is 12.5 Å². The number of nitrogens with one attached hydrogen (secondary N) is 1. The van der Waals surface area contributed by atoms with E-state index in [1.54, 1.807) is 19.2 Å². The Labute approximate surface area is 199 Å². The topological polar surface area (TPSA) is 95.9 Å². The number of alkyl carbamates (subject to hydrolysis) is 1. The van der Waals surface area contributed by atoms with Crippen molar-refractivity contribution in [3.8, 4) is 11.1 Å². The summed E-state index contributed by atoms with van der Waals surface area (Å²) in [6, 6.07) is 10.6. The van der Waals surface area contributed by atoms with Gasteiger partial charge in [-0.2, -0.15) is 13.2 Å².